The maximum absolute atomic E-state index is 12.3. The quantitative estimate of drug-likeness (QED) is 0.902. The highest BCUT2D eigenvalue weighted by molar-refractivity contribution is 9.10. The summed E-state index contributed by atoms with van der Waals surface area (Å²) in [5.74, 6) is -0.0613. The number of carbonyl (C=O) groups excluding carboxylic acids is 2. The van der Waals surface area contributed by atoms with Crippen molar-refractivity contribution in [2.24, 2.45) is 0 Å². The highest BCUT2D eigenvalue weighted by Gasteiger charge is 2.41. The van der Waals surface area contributed by atoms with Crippen LogP contribution >= 0.6 is 15.9 Å². The van der Waals surface area contributed by atoms with E-state index in [2.05, 4.69) is 21.2 Å². The molecule has 0 radical (unpaired) electrons. The van der Waals surface area contributed by atoms with Crippen LogP contribution in [-0.4, -0.2) is 29.3 Å². The van der Waals surface area contributed by atoms with Gasteiger partial charge in [0.25, 0.3) is 5.91 Å². The summed E-state index contributed by atoms with van der Waals surface area (Å²) in [5.41, 5.74) is 0.835. The van der Waals surface area contributed by atoms with E-state index < -0.39 is 6.04 Å². The fourth-order valence-electron chi connectivity index (χ4n) is 2.24. The van der Waals surface area contributed by atoms with Crippen LogP contribution in [-0.2, 0) is 9.59 Å². The van der Waals surface area contributed by atoms with Crippen molar-refractivity contribution in [3.63, 3.8) is 0 Å². The Morgan fingerprint density at radius 1 is 1.17 bits per heavy atom. The lowest BCUT2D eigenvalue weighted by atomic mass is 10.0. The zero-order valence-corrected chi connectivity index (χ0v) is 11.3. The van der Waals surface area contributed by atoms with E-state index in [1.165, 1.54) is 0 Å². The molecule has 2 amide bonds. The molecular formula is C13H13BrN2O2. The smallest absolute Gasteiger partial charge is 0.250 e. The fourth-order valence-corrected chi connectivity index (χ4v) is 2.51. The van der Waals surface area contributed by atoms with Gasteiger partial charge in [-0.05, 0) is 30.5 Å². The van der Waals surface area contributed by atoms with Crippen LogP contribution in [0.1, 0.15) is 24.4 Å². The summed E-state index contributed by atoms with van der Waals surface area (Å²) in [6.45, 7) is 0.205. The summed E-state index contributed by atoms with van der Waals surface area (Å²) in [4.78, 5) is 25.7. The number of hydrogen-bond donors (Lipinski definition) is 1. The molecule has 1 unspecified atom stereocenters. The van der Waals surface area contributed by atoms with Crippen LogP contribution in [0.2, 0.25) is 0 Å². The minimum absolute atomic E-state index is 0.0134. The largest absolute Gasteiger partial charge is 0.339 e. The van der Waals surface area contributed by atoms with Crippen molar-refractivity contribution in [2.45, 2.75) is 24.9 Å². The van der Waals surface area contributed by atoms with E-state index in [9.17, 15) is 9.59 Å². The average Bonchev–Trinajstić information content (AvgIpc) is 3.17. The molecule has 18 heavy (non-hydrogen) atoms. The number of piperazine rings is 1. The van der Waals surface area contributed by atoms with Crippen molar-refractivity contribution in [1.29, 1.82) is 0 Å². The maximum atomic E-state index is 12.3. The second-order valence-corrected chi connectivity index (χ2v) is 5.67. The lowest BCUT2D eigenvalue weighted by molar-refractivity contribution is -0.145. The molecule has 2 aliphatic rings. The van der Waals surface area contributed by atoms with Crippen molar-refractivity contribution < 1.29 is 9.59 Å². The average molecular weight is 309 g/mol. The SMILES string of the molecule is O=C1CN(C2CC2)C(=O)C(c2ccc(Br)cc2)N1. The van der Waals surface area contributed by atoms with Gasteiger partial charge >= 0.3 is 0 Å². The molecular weight excluding hydrogens is 296 g/mol. The van der Waals surface area contributed by atoms with E-state index in [1.807, 2.05) is 24.3 Å². The number of rotatable bonds is 2. The summed E-state index contributed by atoms with van der Waals surface area (Å²) >= 11 is 3.36. The van der Waals surface area contributed by atoms with E-state index in [0.29, 0.717) is 0 Å². The van der Waals surface area contributed by atoms with Crippen LogP contribution in [0.4, 0.5) is 0 Å². The number of benzene rings is 1. The summed E-state index contributed by atoms with van der Waals surface area (Å²) in [6.07, 6.45) is 2.04. The number of hydrogen-bond acceptors (Lipinski definition) is 2. The van der Waals surface area contributed by atoms with Gasteiger partial charge in [-0.25, -0.2) is 0 Å². The molecule has 3 rings (SSSR count). The van der Waals surface area contributed by atoms with Gasteiger partial charge in [0.15, 0.2) is 0 Å². The van der Waals surface area contributed by atoms with Crippen molar-refractivity contribution >= 4 is 27.7 Å². The van der Waals surface area contributed by atoms with E-state index in [-0.39, 0.29) is 24.4 Å². The molecule has 5 heteroatoms. The first-order chi connectivity index (χ1) is 8.65. The molecule has 1 aliphatic carbocycles. The molecule has 1 heterocycles. The van der Waals surface area contributed by atoms with Crippen LogP contribution in [0.3, 0.4) is 0 Å². The van der Waals surface area contributed by atoms with Crippen molar-refractivity contribution in [3.8, 4) is 0 Å². The molecule has 1 N–H and O–H groups in total. The first-order valence-corrected chi connectivity index (χ1v) is 6.80. The minimum Gasteiger partial charge on any atom is -0.339 e. The first-order valence-electron chi connectivity index (χ1n) is 6.00. The van der Waals surface area contributed by atoms with Gasteiger partial charge in [0.2, 0.25) is 5.91 Å². The van der Waals surface area contributed by atoms with Crippen LogP contribution in [0.15, 0.2) is 28.7 Å². The zero-order chi connectivity index (χ0) is 12.7. The van der Waals surface area contributed by atoms with Gasteiger partial charge in [-0.3, -0.25) is 9.59 Å². The van der Waals surface area contributed by atoms with Gasteiger partial charge < -0.3 is 10.2 Å². The van der Waals surface area contributed by atoms with E-state index in [0.717, 1.165) is 22.9 Å². The van der Waals surface area contributed by atoms with Gasteiger partial charge in [-0.1, -0.05) is 28.1 Å². The predicted molar refractivity (Wildman–Crippen MR) is 69.8 cm³/mol. The number of amides is 2. The highest BCUT2D eigenvalue weighted by atomic mass is 79.9. The van der Waals surface area contributed by atoms with Crippen molar-refractivity contribution in [2.75, 3.05) is 6.54 Å². The molecule has 2 fully saturated rings. The molecule has 1 saturated carbocycles. The maximum Gasteiger partial charge on any atom is 0.250 e. The molecule has 1 aliphatic heterocycles. The lowest BCUT2D eigenvalue weighted by Crippen LogP contribution is -2.54. The Hall–Kier alpha value is -1.36. The third-order valence-corrected chi connectivity index (χ3v) is 3.87. The van der Waals surface area contributed by atoms with Crippen LogP contribution < -0.4 is 5.32 Å². The van der Waals surface area contributed by atoms with Gasteiger partial charge in [0.1, 0.15) is 6.04 Å². The third-order valence-electron chi connectivity index (χ3n) is 3.34. The standard InChI is InChI=1S/C13H13BrN2O2/c14-9-3-1-8(2-4-9)12-13(18)16(10-5-6-10)7-11(17)15-12/h1-4,10,12H,5-7H2,(H,15,17). The van der Waals surface area contributed by atoms with E-state index in [4.69, 9.17) is 0 Å². The van der Waals surface area contributed by atoms with Gasteiger partial charge in [0, 0.05) is 10.5 Å². The number of halogens is 1. The van der Waals surface area contributed by atoms with Crippen molar-refractivity contribution in [1.82, 2.24) is 10.2 Å². The van der Waals surface area contributed by atoms with E-state index >= 15 is 0 Å². The molecule has 4 nitrogen and oxygen atoms in total. The van der Waals surface area contributed by atoms with Gasteiger partial charge in [-0.2, -0.15) is 0 Å². The van der Waals surface area contributed by atoms with Crippen LogP contribution in [0.25, 0.3) is 0 Å². The Labute approximate surface area is 113 Å². The number of nitrogens with zero attached hydrogens (tertiary/aromatic N) is 1. The molecule has 0 bridgehead atoms. The monoisotopic (exact) mass is 308 g/mol. The Kier molecular flexibility index (Phi) is 2.86. The summed E-state index contributed by atoms with van der Waals surface area (Å²) < 4.78 is 0.958. The zero-order valence-electron chi connectivity index (χ0n) is 9.73. The normalized spacial score (nSPS) is 24.1. The molecule has 0 aromatic heterocycles. The van der Waals surface area contributed by atoms with Crippen LogP contribution in [0.5, 0.6) is 0 Å². The second-order valence-electron chi connectivity index (χ2n) is 4.75. The van der Waals surface area contributed by atoms with Gasteiger partial charge in [0.05, 0.1) is 6.54 Å². The molecule has 0 spiro atoms. The van der Waals surface area contributed by atoms with Crippen molar-refractivity contribution in [3.05, 3.63) is 34.3 Å². The first kappa shape index (κ1) is 11.7. The number of nitrogens with one attached hydrogen (secondary N) is 1. The van der Waals surface area contributed by atoms with E-state index in [1.54, 1.807) is 4.90 Å². The summed E-state index contributed by atoms with van der Waals surface area (Å²) in [7, 11) is 0. The topological polar surface area (TPSA) is 49.4 Å². The Bertz CT molecular complexity index is 496. The Balaban J connectivity index is 1.87. The van der Waals surface area contributed by atoms with Gasteiger partial charge in [-0.15, -0.1) is 0 Å². The molecule has 1 aromatic rings. The molecule has 1 saturated heterocycles. The fraction of sp³-hybridized carbons (Fsp3) is 0.385. The molecule has 1 aromatic carbocycles. The predicted octanol–water partition coefficient (Wildman–Crippen LogP) is 1.61. The highest BCUT2D eigenvalue weighted by Crippen LogP contribution is 2.31. The third kappa shape index (κ3) is 2.14. The summed E-state index contributed by atoms with van der Waals surface area (Å²) in [5, 5.41) is 2.77. The molecule has 1 atom stereocenters. The molecule has 94 valence electrons. The summed E-state index contributed by atoms with van der Waals surface area (Å²) in [6, 6.07) is 7.24. The Morgan fingerprint density at radius 2 is 1.83 bits per heavy atom. The lowest BCUT2D eigenvalue weighted by Gasteiger charge is -2.32. The van der Waals surface area contributed by atoms with Crippen LogP contribution in [0, 0.1) is 0 Å². The number of carbonyl (C=O) groups is 2. The second kappa shape index (κ2) is 4.39. The minimum atomic E-state index is -0.528. The Morgan fingerprint density at radius 3 is 2.44 bits per heavy atom.